The number of nitro benzene ring substituents is 1. The minimum Gasteiger partial charge on any atom is -0.380 e. The largest absolute Gasteiger partial charge is 0.380 e. The van der Waals surface area contributed by atoms with E-state index < -0.39 is 0 Å². The average Bonchev–Trinajstić information content (AvgIpc) is 2.48. The van der Waals surface area contributed by atoms with E-state index in [4.69, 9.17) is 4.74 Å². The van der Waals surface area contributed by atoms with Gasteiger partial charge in [-0.05, 0) is 25.5 Å². The van der Waals surface area contributed by atoms with Gasteiger partial charge in [0.2, 0.25) is 0 Å². The van der Waals surface area contributed by atoms with E-state index in [2.05, 4.69) is 9.80 Å². The lowest BCUT2D eigenvalue weighted by Gasteiger charge is -2.36. The number of rotatable bonds is 6. The smallest absolute Gasteiger partial charge is 0.269 e. The first kappa shape index (κ1) is 15.7. The van der Waals surface area contributed by atoms with Crippen LogP contribution in [0.4, 0.5) is 11.4 Å². The molecule has 21 heavy (non-hydrogen) atoms. The molecule has 6 nitrogen and oxygen atoms in total. The van der Waals surface area contributed by atoms with Crippen LogP contribution in [0.3, 0.4) is 0 Å². The molecule has 0 radical (unpaired) electrons. The third-order valence-corrected chi connectivity index (χ3v) is 3.86. The lowest BCUT2D eigenvalue weighted by molar-refractivity contribution is -0.384. The van der Waals surface area contributed by atoms with Crippen molar-refractivity contribution in [2.45, 2.75) is 13.8 Å². The van der Waals surface area contributed by atoms with Crippen LogP contribution in [-0.4, -0.2) is 55.8 Å². The van der Waals surface area contributed by atoms with Gasteiger partial charge in [-0.15, -0.1) is 0 Å². The Balaban J connectivity index is 1.91. The number of piperazine rings is 1. The van der Waals surface area contributed by atoms with E-state index in [0.29, 0.717) is 0 Å². The molecule has 1 aliphatic rings. The highest BCUT2D eigenvalue weighted by molar-refractivity contribution is 5.57. The number of anilines is 1. The number of ether oxygens (including phenoxy) is 1. The highest BCUT2D eigenvalue weighted by atomic mass is 16.6. The number of non-ortho nitro benzene ring substituents is 1. The lowest BCUT2D eigenvalue weighted by atomic mass is 10.1. The summed E-state index contributed by atoms with van der Waals surface area (Å²) < 4.78 is 5.38. The fourth-order valence-corrected chi connectivity index (χ4v) is 2.66. The van der Waals surface area contributed by atoms with Gasteiger partial charge < -0.3 is 9.64 Å². The van der Waals surface area contributed by atoms with E-state index in [1.54, 1.807) is 12.1 Å². The van der Waals surface area contributed by atoms with Gasteiger partial charge in [0.05, 0.1) is 11.5 Å². The highest BCUT2D eigenvalue weighted by Crippen LogP contribution is 2.25. The van der Waals surface area contributed by atoms with Gasteiger partial charge in [-0.3, -0.25) is 15.0 Å². The zero-order valence-corrected chi connectivity index (χ0v) is 12.7. The SMILES string of the molecule is CCOCCN1CCN(c2ccc([N+](=O)[O-])cc2C)CC1. The monoisotopic (exact) mass is 293 g/mol. The van der Waals surface area contributed by atoms with E-state index in [1.165, 1.54) is 0 Å². The third-order valence-electron chi connectivity index (χ3n) is 3.86. The van der Waals surface area contributed by atoms with Crippen molar-refractivity contribution in [1.82, 2.24) is 4.90 Å². The lowest BCUT2D eigenvalue weighted by Crippen LogP contribution is -2.47. The summed E-state index contributed by atoms with van der Waals surface area (Å²) in [5.74, 6) is 0. The van der Waals surface area contributed by atoms with E-state index >= 15 is 0 Å². The first-order valence-corrected chi connectivity index (χ1v) is 7.42. The molecule has 1 heterocycles. The van der Waals surface area contributed by atoms with E-state index in [-0.39, 0.29) is 10.6 Å². The van der Waals surface area contributed by atoms with Crippen LogP contribution in [0.2, 0.25) is 0 Å². The van der Waals surface area contributed by atoms with Gasteiger partial charge in [0.1, 0.15) is 0 Å². The molecule has 1 aromatic rings. The minimum absolute atomic E-state index is 0.159. The molecule has 0 N–H and O–H groups in total. The average molecular weight is 293 g/mol. The summed E-state index contributed by atoms with van der Waals surface area (Å²) >= 11 is 0. The Hall–Kier alpha value is -1.66. The summed E-state index contributed by atoms with van der Waals surface area (Å²) in [6.07, 6.45) is 0. The molecule has 1 aromatic carbocycles. The molecule has 2 rings (SSSR count). The molecule has 6 heteroatoms. The Kier molecular flexibility index (Phi) is 5.52. The molecule has 0 bridgehead atoms. The Morgan fingerprint density at radius 3 is 2.57 bits per heavy atom. The summed E-state index contributed by atoms with van der Waals surface area (Å²) in [6, 6.07) is 5.10. The van der Waals surface area contributed by atoms with Crippen molar-refractivity contribution < 1.29 is 9.66 Å². The van der Waals surface area contributed by atoms with Crippen LogP contribution >= 0.6 is 0 Å². The maximum Gasteiger partial charge on any atom is 0.269 e. The van der Waals surface area contributed by atoms with Crippen molar-refractivity contribution in [3.05, 3.63) is 33.9 Å². The Morgan fingerprint density at radius 1 is 1.29 bits per heavy atom. The fraction of sp³-hybridized carbons (Fsp3) is 0.600. The van der Waals surface area contributed by atoms with Gasteiger partial charge in [-0.2, -0.15) is 0 Å². The molecule has 1 aliphatic heterocycles. The van der Waals surface area contributed by atoms with Gasteiger partial charge in [-0.25, -0.2) is 0 Å². The number of aryl methyl sites for hydroxylation is 1. The fourth-order valence-electron chi connectivity index (χ4n) is 2.66. The molecule has 0 aromatic heterocycles. The molecule has 0 unspecified atom stereocenters. The molecule has 0 aliphatic carbocycles. The van der Waals surface area contributed by atoms with Crippen molar-refractivity contribution >= 4 is 11.4 Å². The van der Waals surface area contributed by atoms with Crippen molar-refractivity contribution in [1.29, 1.82) is 0 Å². The van der Waals surface area contributed by atoms with Gasteiger partial charge in [-0.1, -0.05) is 0 Å². The maximum atomic E-state index is 10.8. The predicted molar refractivity (Wildman–Crippen MR) is 83.0 cm³/mol. The first-order valence-electron chi connectivity index (χ1n) is 7.42. The molecule has 0 spiro atoms. The van der Waals surface area contributed by atoms with Crippen molar-refractivity contribution in [3.8, 4) is 0 Å². The van der Waals surface area contributed by atoms with Crippen LogP contribution in [-0.2, 0) is 4.74 Å². The highest BCUT2D eigenvalue weighted by Gasteiger charge is 2.19. The zero-order chi connectivity index (χ0) is 15.2. The van der Waals surface area contributed by atoms with Gasteiger partial charge in [0, 0.05) is 57.2 Å². The topological polar surface area (TPSA) is 58.8 Å². The van der Waals surface area contributed by atoms with Gasteiger partial charge in [0.15, 0.2) is 0 Å². The number of nitrogens with zero attached hydrogens (tertiary/aromatic N) is 3. The molecule has 1 fully saturated rings. The van der Waals surface area contributed by atoms with Crippen LogP contribution in [0.5, 0.6) is 0 Å². The van der Waals surface area contributed by atoms with Crippen LogP contribution in [0, 0.1) is 17.0 Å². The summed E-state index contributed by atoms with van der Waals surface area (Å²) in [7, 11) is 0. The first-order chi connectivity index (χ1) is 10.1. The van der Waals surface area contributed by atoms with Crippen LogP contribution in [0.25, 0.3) is 0 Å². The molecule has 0 amide bonds. The minimum atomic E-state index is -0.345. The predicted octanol–water partition coefficient (Wildman–Crippen LogP) is 2.06. The second-order valence-electron chi connectivity index (χ2n) is 5.25. The number of nitro groups is 1. The normalized spacial score (nSPS) is 16.2. The second-order valence-corrected chi connectivity index (χ2v) is 5.25. The zero-order valence-electron chi connectivity index (χ0n) is 12.7. The number of hydrogen-bond donors (Lipinski definition) is 0. The second kappa shape index (κ2) is 7.38. The molecular weight excluding hydrogens is 270 g/mol. The summed E-state index contributed by atoms with van der Waals surface area (Å²) in [5.41, 5.74) is 2.23. The van der Waals surface area contributed by atoms with E-state index in [0.717, 1.165) is 57.2 Å². The molecule has 116 valence electrons. The summed E-state index contributed by atoms with van der Waals surface area (Å²) in [4.78, 5) is 15.1. The molecule has 0 saturated carbocycles. The van der Waals surface area contributed by atoms with Crippen molar-refractivity contribution in [3.63, 3.8) is 0 Å². The van der Waals surface area contributed by atoms with Crippen molar-refractivity contribution in [2.75, 3.05) is 50.8 Å². The Bertz CT molecular complexity index is 485. The van der Waals surface area contributed by atoms with Crippen molar-refractivity contribution in [2.24, 2.45) is 0 Å². The number of hydrogen-bond acceptors (Lipinski definition) is 5. The third kappa shape index (κ3) is 4.15. The van der Waals surface area contributed by atoms with Gasteiger partial charge in [0.25, 0.3) is 5.69 Å². The van der Waals surface area contributed by atoms with Crippen LogP contribution in [0.1, 0.15) is 12.5 Å². The van der Waals surface area contributed by atoms with Gasteiger partial charge >= 0.3 is 0 Å². The number of benzene rings is 1. The maximum absolute atomic E-state index is 10.8. The molecule has 1 saturated heterocycles. The Labute approximate surface area is 125 Å². The summed E-state index contributed by atoms with van der Waals surface area (Å²) in [6.45, 7) is 10.4. The standard InChI is InChI=1S/C15H23N3O3/c1-3-21-11-10-16-6-8-17(9-7-16)15-5-4-14(18(19)20)12-13(15)2/h4-5,12H,3,6-11H2,1-2H3. The Morgan fingerprint density at radius 2 is 2.00 bits per heavy atom. The van der Waals surface area contributed by atoms with E-state index in [9.17, 15) is 10.1 Å². The molecule has 0 atom stereocenters. The van der Waals surface area contributed by atoms with Crippen LogP contribution < -0.4 is 4.90 Å². The summed E-state index contributed by atoms with van der Waals surface area (Å²) in [5, 5.41) is 10.8. The molecular formula is C15H23N3O3. The van der Waals surface area contributed by atoms with Crippen LogP contribution in [0.15, 0.2) is 18.2 Å². The van der Waals surface area contributed by atoms with E-state index in [1.807, 2.05) is 19.9 Å². The quantitative estimate of drug-likeness (QED) is 0.456.